The minimum atomic E-state index is -0.633. The van der Waals surface area contributed by atoms with E-state index in [2.05, 4.69) is 10.7 Å². The zero-order chi connectivity index (χ0) is 18.9. The predicted octanol–water partition coefficient (Wildman–Crippen LogP) is 2.04. The summed E-state index contributed by atoms with van der Waals surface area (Å²) in [5.74, 6) is 0.586. The van der Waals surface area contributed by atoms with E-state index in [4.69, 9.17) is 4.74 Å². The van der Waals surface area contributed by atoms with Crippen LogP contribution in [-0.2, 0) is 4.79 Å². The fourth-order valence-corrected chi connectivity index (χ4v) is 3.47. The Morgan fingerprint density at radius 1 is 1.19 bits per heavy atom. The Hall–Kier alpha value is -3.06. The lowest BCUT2D eigenvalue weighted by atomic mass is 10.1. The summed E-state index contributed by atoms with van der Waals surface area (Å²) in [6, 6.07) is 16.8. The van der Waals surface area contributed by atoms with E-state index in [9.17, 15) is 9.59 Å². The van der Waals surface area contributed by atoms with Crippen molar-refractivity contribution in [1.29, 1.82) is 0 Å². The van der Waals surface area contributed by atoms with Crippen LogP contribution in [0.2, 0.25) is 0 Å². The molecular weight excluding hydrogens is 344 g/mol. The van der Waals surface area contributed by atoms with Crippen molar-refractivity contribution in [2.24, 2.45) is 0 Å². The molecule has 2 aliphatic rings. The molecule has 2 aromatic carbocycles. The van der Waals surface area contributed by atoms with Crippen LogP contribution in [0.15, 0.2) is 54.6 Å². The number of rotatable bonds is 4. The molecule has 3 amide bonds. The molecular formula is C20H22N4O3. The molecule has 0 aliphatic carbocycles. The van der Waals surface area contributed by atoms with Gasteiger partial charge in [-0.1, -0.05) is 30.3 Å². The maximum atomic E-state index is 12.5. The molecule has 0 radical (unpaired) electrons. The van der Waals surface area contributed by atoms with Gasteiger partial charge in [0.2, 0.25) is 0 Å². The number of urea groups is 1. The highest BCUT2D eigenvalue weighted by Gasteiger charge is 2.48. The maximum absolute atomic E-state index is 12.5. The Morgan fingerprint density at radius 3 is 2.78 bits per heavy atom. The molecule has 4 rings (SSSR count). The van der Waals surface area contributed by atoms with Gasteiger partial charge in [-0.25, -0.2) is 9.80 Å². The maximum Gasteiger partial charge on any atom is 0.338 e. The molecule has 7 nitrogen and oxygen atoms in total. The van der Waals surface area contributed by atoms with Gasteiger partial charge >= 0.3 is 6.03 Å². The summed E-state index contributed by atoms with van der Waals surface area (Å²) in [6.07, 6.45) is 0.637. The second kappa shape index (κ2) is 6.92. The van der Waals surface area contributed by atoms with Crippen LogP contribution in [-0.4, -0.2) is 42.2 Å². The van der Waals surface area contributed by atoms with Gasteiger partial charge in [0.05, 0.1) is 12.2 Å². The predicted molar refractivity (Wildman–Crippen MR) is 101 cm³/mol. The first-order valence-electron chi connectivity index (χ1n) is 8.97. The third kappa shape index (κ3) is 3.59. The lowest BCUT2D eigenvalue weighted by molar-refractivity contribution is -0.132. The number of aryl methyl sites for hydroxylation is 1. The Labute approximate surface area is 157 Å². The minimum absolute atomic E-state index is 0.0180. The van der Waals surface area contributed by atoms with E-state index in [-0.39, 0.29) is 18.5 Å². The second-order valence-corrected chi connectivity index (χ2v) is 6.97. The molecule has 2 fully saturated rings. The number of nitrogens with one attached hydrogen (secondary N) is 2. The minimum Gasteiger partial charge on any atom is -0.484 e. The van der Waals surface area contributed by atoms with E-state index in [0.717, 1.165) is 11.3 Å². The van der Waals surface area contributed by atoms with Crippen molar-refractivity contribution >= 4 is 17.6 Å². The molecule has 0 aromatic heterocycles. The van der Waals surface area contributed by atoms with Gasteiger partial charge in [0.1, 0.15) is 11.4 Å². The number of hydrogen-bond donors (Lipinski definition) is 2. The van der Waals surface area contributed by atoms with Gasteiger partial charge in [-0.15, -0.1) is 0 Å². The van der Waals surface area contributed by atoms with Gasteiger partial charge in [0.15, 0.2) is 6.61 Å². The number of hydrazine groups is 1. The fourth-order valence-electron chi connectivity index (χ4n) is 3.47. The summed E-state index contributed by atoms with van der Waals surface area (Å²) in [6.45, 7) is 2.92. The number of hydrogen-bond acceptors (Lipinski definition) is 4. The number of carbonyl (C=O) groups excluding carboxylic acids is 2. The standard InChI is InChI=1S/C20H22N4O3/c1-15-6-5-9-17(12-15)27-13-18(25)23-11-10-20(14-23)21-19(26)24(22-20)16-7-3-2-4-8-16/h2-9,12,22H,10-11,13-14H2,1H3,(H,21,26)/t20-/m1/s1. The molecule has 7 heteroatoms. The Bertz CT molecular complexity index is 857. The molecule has 2 aliphatic heterocycles. The highest BCUT2D eigenvalue weighted by molar-refractivity contribution is 5.94. The Balaban J connectivity index is 1.37. The molecule has 2 heterocycles. The zero-order valence-electron chi connectivity index (χ0n) is 15.1. The van der Waals surface area contributed by atoms with E-state index in [1.807, 2.05) is 61.5 Å². The van der Waals surface area contributed by atoms with Crippen LogP contribution in [0.5, 0.6) is 5.75 Å². The number of likely N-dealkylation sites (tertiary alicyclic amines) is 1. The molecule has 27 heavy (non-hydrogen) atoms. The molecule has 2 saturated heterocycles. The van der Waals surface area contributed by atoms with Crippen LogP contribution < -0.4 is 20.5 Å². The largest absolute Gasteiger partial charge is 0.484 e. The molecule has 2 aromatic rings. The lowest BCUT2D eigenvalue weighted by Crippen LogP contribution is -2.54. The summed E-state index contributed by atoms with van der Waals surface area (Å²) in [7, 11) is 0. The van der Waals surface area contributed by atoms with Crippen molar-refractivity contribution in [1.82, 2.24) is 15.6 Å². The van der Waals surface area contributed by atoms with Crippen LogP contribution in [0.3, 0.4) is 0 Å². The van der Waals surface area contributed by atoms with Gasteiger partial charge in [-0.05, 0) is 36.8 Å². The average Bonchev–Trinajstić information content (AvgIpc) is 3.23. The molecule has 0 saturated carbocycles. The smallest absolute Gasteiger partial charge is 0.338 e. The molecule has 2 N–H and O–H groups in total. The average molecular weight is 366 g/mol. The third-order valence-electron chi connectivity index (χ3n) is 4.86. The molecule has 1 atom stereocenters. The first-order chi connectivity index (χ1) is 13.0. The number of ether oxygens (including phenoxy) is 1. The summed E-state index contributed by atoms with van der Waals surface area (Å²) < 4.78 is 5.61. The Kier molecular flexibility index (Phi) is 4.45. The van der Waals surface area contributed by atoms with Crippen LogP contribution >= 0.6 is 0 Å². The highest BCUT2D eigenvalue weighted by atomic mass is 16.5. The van der Waals surface area contributed by atoms with Crippen LogP contribution in [0, 0.1) is 6.92 Å². The monoisotopic (exact) mass is 366 g/mol. The van der Waals surface area contributed by atoms with Crippen molar-refractivity contribution in [2.75, 3.05) is 24.7 Å². The fraction of sp³-hybridized carbons (Fsp3) is 0.300. The molecule has 140 valence electrons. The van der Waals surface area contributed by atoms with Gasteiger partial charge < -0.3 is 15.0 Å². The van der Waals surface area contributed by atoms with E-state index < -0.39 is 5.66 Å². The number of anilines is 1. The van der Waals surface area contributed by atoms with Crippen molar-refractivity contribution in [3.05, 3.63) is 60.2 Å². The van der Waals surface area contributed by atoms with Crippen LogP contribution in [0.1, 0.15) is 12.0 Å². The van der Waals surface area contributed by atoms with Crippen molar-refractivity contribution in [3.8, 4) is 5.75 Å². The second-order valence-electron chi connectivity index (χ2n) is 6.97. The molecule has 0 bridgehead atoms. The van der Waals surface area contributed by atoms with Gasteiger partial charge in [-0.3, -0.25) is 4.79 Å². The summed E-state index contributed by atoms with van der Waals surface area (Å²) in [5, 5.41) is 4.48. The van der Waals surface area contributed by atoms with Crippen LogP contribution in [0.25, 0.3) is 0 Å². The third-order valence-corrected chi connectivity index (χ3v) is 4.86. The topological polar surface area (TPSA) is 73.9 Å². The molecule has 1 spiro atoms. The van der Waals surface area contributed by atoms with Crippen molar-refractivity contribution in [2.45, 2.75) is 19.0 Å². The van der Waals surface area contributed by atoms with E-state index in [1.54, 1.807) is 4.90 Å². The van der Waals surface area contributed by atoms with Gasteiger partial charge in [0.25, 0.3) is 5.91 Å². The number of benzene rings is 2. The van der Waals surface area contributed by atoms with E-state index in [1.165, 1.54) is 5.01 Å². The highest BCUT2D eigenvalue weighted by Crippen LogP contribution is 2.26. The van der Waals surface area contributed by atoms with Crippen molar-refractivity contribution < 1.29 is 14.3 Å². The quantitative estimate of drug-likeness (QED) is 0.868. The van der Waals surface area contributed by atoms with E-state index in [0.29, 0.717) is 25.3 Å². The van der Waals surface area contributed by atoms with Crippen molar-refractivity contribution in [3.63, 3.8) is 0 Å². The van der Waals surface area contributed by atoms with Gasteiger partial charge in [-0.2, -0.15) is 5.43 Å². The first-order valence-corrected chi connectivity index (χ1v) is 8.97. The Morgan fingerprint density at radius 2 is 2.00 bits per heavy atom. The van der Waals surface area contributed by atoms with Crippen LogP contribution in [0.4, 0.5) is 10.5 Å². The first kappa shape index (κ1) is 17.4. The van der Waals surface area contributed by atoms with Gasteiger partial charge in [0, 0.05) is 13.0 Å². The summed E-state index contributed by atoms with van der Waals surface area (Å²) >= 11 is 0. The normalized spacial score (nSPS) is 21.6. The number of para-hydroxylation sites is 1. The number of nitrogens with zero attached hydrogens (tertiary/aromatic N) is 2. The number of amides is 3. The molecule has 0 unspecified atom stereocenters. The number of carbonyl (C=O) groups is 2. The summed E-state index contributed by atoms with van der Waals surface area (Å²) in [5.41, 5.74) is 4.45. The SMILES string of the molecule is Cc1cccc(OCC(=O)N2CC[C@@]3(C2)NC(=O)N(c2ccccc2)N3)c1. The van der Waals surface area contributed by atoms with E-state index >= 15 is 0 Å². The zero-order valence-corrected chi connectivity index (χ0v) is 15.1. The lowest BCUT2D eigenvalue weighted by Gasteiger charge is -2.25. The summed E-state index contributed by atoms with van der Waals surface area (Å²) in [4.78, 5) is 26.6.